The summed E-state index contributed by atoms with van der Waals surface area (Å²) in [6.07, 6.45) is 2.81. The molecule has 0 spiro atoms. The molecule has 1 heterocycles. The van der Waals surface area contributed by atoms with E-state index in [0.29, 0.717) is 22.2 Å². The number of imide groups is 1. The van der Waals surface area contributed by atoms with E-state index in [0.717, 1.165) is 35.1 Å². The molecule has 1 N–H and O–H groups in total. The number of esters is 1. The summed E-state index contributed by atoms with van der Waals surface area (Å²) >= 11 is 0. The number of fused-ring (bicyclic) bond motifs is 1. The number of nitrogens with one attached hydrogen (secondary N) is 1. The fourth-order valence-corrected chi connectivity index (χ4v) is 5.37. The molecule has 1 atom stereocenters. The number of rotatable bonds is 5. The largest absolute Gasteiger partial charge is 0.452 e. The van der Waals surface area contributed by atoms with Crippen molar-refractivity contribution in [3.8, 4) is 0 Å². The number of ether oxygens (including phenoxy) is 1. The van der Waals surface area contributed by atoms with Gasteiger partial charge in [0.25, 0.3) is 17.7 Å². The molecule has 0 bridgehead atoms. The Hall–Kier alpha value is -4.78. The average Bonchev–Trinajstić information content (AvgIpc) is 2.95. The van der Waals surface area contributed by atoms with Crippen molar-refractivity contribution in [2.24, 2.45) is 0 Å². The van der Waals surface area contributed by atoms with E-state index in [9.17, 15) is 19.2 Å². The highest BCUT2D eigenvalue weighted by molar-refractivity contribution is 6.35. The minimum atomic E-state index is -0.665. The maximum absolute atomic E-state index is 13.2. The van der Waals surface area contributed by atoms with Gasteiger partial charge >= 0.3 is 5.97 Å². The summed E-state index contributed by atoms with van der Waals surface area (Å²) in [5.74, 6) is -1.87. The molecule has 2 aliphatic rings. The predicted octanol–water partition coefficient (Wildman–Crippen LogP) is 4.99. The van der Waals surface area contributed by atoms with Crippen LogP contribution < -0.4 is 10.2 Å². The Morgan fingerprint density at radius 2 is 1.53 bits per heavy atom. The number of carbonyl (C=O) groups is 4. The van der Waals surface area contributed by atoms with Crippen molar-refractivity contribution in [1.29, 1.82) is 0 Å². The standard InChI is InChI=1S/C31H24N2O5/c34-27(32-26-13-5-7-19-6-1-2-10-23(19)26)18-38-31(37)21-14-16-22(17-15-21)33-29(35)24-11-3-8-20-9-4-12-25(28(20)24)30(33)36/h1-4,6,8-12,14-17,26H,5,7,13,18H2,(H,32,34). The van der Waals surface area contributed by atoms with Crippen LogP contribution in [0.1, 0.15) is 61.1 Å². The van der Waals surface area contributed by atoms with E-state index in [-0.39, 0.29) is 17.5 Å². The second kappa shape index (κ2) is 9.59. The van der Waals surface area contributed by atoms with Crippen LogP contribution in [0, 0.1) is 0 Å². The first-order valence-electron chi connectivity index (χ1n) is 12.6. The van der Waals surface area contributed by atoms with Crippen molar-refractivity contribution in [2.45, 2.75) is 25.3 Å². The van der Waals surface area contributed by atoms with Crippen molar-refractivity contribution in [3.05, 3.63) is 113 Å². The fraction of sp³-hybridized carbons (Fsp3) is 0.161. The van der Waals surface area contributed by atoms with Gasteiger partial charge in [0, 0.05) is 16.5 Å². The van der Waals surface area contributed by atoms with Crippen LogP contribution in [0.15, 0.2) is 84.9 Å². The van der Waals surface area contributed by atoms with Gasteiger partial charge in [-0.2, -0.15) is 0 Å². The molecule has 4 aromatic rings. The van der Waals surface area contributed by atoms with E-state index >= 15 is 0 Å². The third-order valence-corrected chi connectivity index (χ3v) is 7.17. The molecule has 0 saturated heterocycles. The third kappa shape index (κ3) is 4.12. The molecule has 0 aromatic heterocycles. The smallest absolute Gasteiger partial charge is 0.338 e. The second-order valence-electron chi connectivity index (χ2n) is 9.49. The zero-order valence-corrected chi connectivity index (χ0v) is 20.5. The first kappa shape index (κ1) is 23.6. The first-order chi connectivity index (χ1) is 18.5. The van der Waals surface area contributed by atoms with E-state index in [1.807, 2.05) is 30.3 Å². The number of aryl methyl sites for hydroxylation is 1. The highest BCUT2D eigenvalue weighted by Gasteiger charge is 2.33. The zero-order chi connectivity index (χ0) is 26.2. The van der Waals surface area contributed by atoms with Gasteiger partial charge in [-0.1, -0.05) is 48.5 Å². The van der Waals surface area contributed by atoms with Crippen LogP contribution in [0.5, 0.6) is 0 Å². The third-order valence-electron chi connectivity index (χ3n) is 7.17. The molecule has 7 nitrogen and oxygen atoms in total. The monoisotopic (exact) mass is 504 g/mol. The molecule has 6 rings (SSSR count). The number of hydrogen-bond acceptors (Lipinski definition) is 5. The molecule has 4 aromatic carbocycles. The Morgan fingerprint density at radius 3 is 2.24 bits per heavy atom. The van der Waals surface area contributed by atoms with E-state index < -0.39 is 24.4 Å². The average molecular weight is 505 g/mol. The lowest BCUT2D eigenvalue weighted by Crippen LogP contribution is -2.40. The summed E-state index contributed by atoms with van der Waals surface area (Å²) in [5.41, 5.74) is 3.79. The van der Waals surface area contributed by atoms with Crippen LogP contribution in [-0.4, -0.2) is 30.3 Å². The molecule has 0 radical (unpaired) electrons. The van der Waals surface area contributed by atoms with Gasteiger partial charge in [-0.15, -0.1) is 0 Å². The first-order valence-corrected chi connectivity index (χ1v) is 12.6. The van der Waals surface area contributed by atoms with Gasteiger partial charge in [0.2, 0.25) is 0 Å². The fourth-order valence-electron chi connectivity index (χ4n) is 5.37. The summed E-state index contributed by atoms with van der Waals surface area (Å²) in [6.45, 7) is -0.400. The van der Waals surface area contributed by atoms with Crippen LogP contribution in [0.3, 0.4) is 0 Å². The summed E-state index contributed by atoms with van der Waals surface area (Å²) in [7, 11) is 0. The van der Waals surface area contributed by atoms with Crippen LogP contribution >= 0.6 is 0 Å². The molecule has 1 aliphatic heterocycles. The van der Waals surface area contributed by atoms with Gasteiger partial charge < -0.3 is 10.1 Å². The van der Waals surface area contributed by atoms with Gasteiger partial charge in [0.1, 0.15) is 0 Å². The highest BCUT2D eigenvalue weighted by Crippen LogP contribution is 2.33. The van der Waals surface area contributed by atoms with E-state index in [1.165, 1.54) is 29.8 Å². The lowest BCUT2D eigenvalue weighted by atomic mass is 9.88. The summed E-state index contributed by atoms with van der Waals surface area (Å²) in [6, 6.07) is 24.7. The van der Waals surface area contributed by atoms with Crippen LogP contribution in [-0.2, 0) is 16.0 Å². The van der Waals surface area contributed by atoms with Crippen molar-refractivity contribution in [2.75, 3.05) is 11.5 Å². The van der Waals surface area contributed by atoms with Gasteiger partial charge in [-0.05, 0) is 72.2 Å². The zero-order valence-electron chi connectivity index (χ0n) is 20.5. The maximum atomic E-state index is 13.2. The number of anilines is 1. The second-order valence-corrected chi connectivity index (χ2v) is 9.49. The lowest BCUT2D eigenvalue weighted by molar-refractivity contribution is -0.125. The van der Waals surface area contributed by atoms with Gasteiger partial charge in [0.15, 0.2) is 6.61 Å². The Labute approximate surface area is 219 Å². The quantitative estimate of drug-likeness (QED) is 0.305. The Balaban J connectivity index is 1.12. The molecule has 0 saturated carbocycles. The Bertz CT molecular complexity index is 1560. The minimum Gasteiger partial charge on any atom is -0.452 e. The topological polar surface area (TPSA) is 92.8 Å². The van der Waals surface area contributed by atoms with Crippen molar-refractivity contribution < 1.29 is 23.9 Å². The molecular formula is C31H24N2O5. The minimum absolute atomic E-state index is 0.0963. The molecule has 38 heavy (non-hydrogen) atoms. The van der Waals surface area contributed by atoms with Gasteiger partial charge in [-0.3, -0.25) is 14.4 Å². The molecule has 7 heteroatoms. The normalized spacial score (nSPS) is 16.2. The van der Waals surface area contributed by atoms with E-state index in [1.54, 1.807) is 24.3 Å². The molecule has 0 fully saturated rings. The summed E-state index contributed by atoms with van der Waals surface area (Å²) in [4.78, 5) is 52.6. The Kier molecular flexibility index (Phi) is 5.96. The number of benzene rings is 4. The molecule has 188 valence electrons. The van der Waals surface area contributed by atoms with Gasteiger partial charge in [0.05, 0.1) is 17.3 Å². The van der Waals surface area contributed by atoms with Crippen LogP contribution in [0.2, 0.25) is 0 Å². The summed E-state index contributed by atoms with van der Waals surface area (Å²) < 4.78 is 5.23. The van der Waals surface area contributed by atoms with Gasteiger partial charge in [-0.25, -0.2) is 9.69 Å². The van der Waals surface area contributed by atoms with Crippen molar-refractivity contribution >= 4 is 40.2 Å². The number of amides is 3. The molecular weight excluding hydrogens is 480 g/mol. The van der Waals surface area contributed by atoms with E-state index in [4.69, 9.17) is 4.74 Å². The number of hydrogen-bond donors (Lipinski definition) is 1. The number of nitrogens with zero attached hydrogens (tertiary/aromatic N) is 1. The highest BCUT2D eigenvalue weighted by atomic mass is 16.5. The molecule has 3 amide bonds. The maximum Gasteiger partial charge on any atom is 0.338 e. The van der Waals surface area contributed by atoms with Crippen molar-refractivity contribution in [3.63, 3.8) is 0 Å². The van der Waals surface area contributed by atoms with Crippen LogP contribution in [0.4, 0.5) is 5.69 Å². The SMILES string of the molecule is O=C(COC(=O)c1ccc(N2C(=O)c3cccc4cccc(c34)C2=O)cc1)NC1CCCc2ccccc21. The Morgan fingerprint density at radius 1 is 0.842 bits per heavy atom. The molecule has 1 unspecified atom stereocenters. The summed E-state index contributed by atoms with van der Waals surface area (Å²) in [5, 5.41) is 4.44. The predicted molar refractivity (Wildman–Crippen MR) is 142 cm³/mol. The van der Waals surface area contributed by atoms with Crippen LogP contribution in [0.25, 0.3) is 10.8 Å². The molecule has 1 aliphatic carbocycles. The van der Waals surface area contributed by atoms with E-state index in [2.05, 4.69) is 11.4 Å². The number of carbonyl (C=O) groups excluding carboxylic acids is 4. The lowest BCUT2D eigenvalue weighted by Gasteiger charge is -2.27. The van der Waals surface area contributed by atoms with Crippen molar-refractivity contribution in [1.82, 2.24) is 5.32 Å².